The zero-order valence-corrected chi connectivity index (χ0v) is 15.1. The molecule has 5 heteroatoms. The lowest BCUT2D eigenvalue weighted by molar-refractivity contribution is 1.76. The van der Waals surface area contributed by atoms with Gasteiger partial charge in [-0.05, 0) is 23.9 Å². The van der Waals surface area contributed by atoms with E-state index in [-0.39, 0.29) is 0 Å². The zero-order valence-electron chi connectivity index (χ0n) is 10.9. The Bertz CT molecular complexity index is 589. The molecule has 0 aliphatic rings. The minimum atomic E-state index is -1.85. The summed E-state index contributed by atoms with van der Waals surface area (Å²) in [6.45, 7) is 4.33. The van der Waals surface area contributed by atoms with Gasteiger partial charge in [-0.1, -0.05) is 95.3 Å². The third-order valence-electron chi connectivity index (χ3n) is 2.50. The van der Waals surface area contributed by atoms with Crippen LogP contribution in [0, 0.1) is 0 Å². The zero-order chi connectivity index (χ0) is 13.9. The van der Waals surface area contributed by atoms with Crippen LogP contribution in [0.5, 0.6) is 0 Å². The molecular formula is C14H16P2S3. The molecule has 19 heavy (non-hydrogen) atoms. The monoisotopic (exact) mass is 342 g/mol. The normalized spacial score (nSPS) is 12.3. The highest BCUT2D eigenvalue weighted by Crippen LogP contribution is 2.73. The molecular weight excluding hydrogens is 326 g/mol. The molecule has 2 rings (SSSR count). The third-order valence-corrected chi connectivity index (χ3v) is 18.7. The first kappa shape index (κ1) is 15.5. The Morgan fingerprint density at radius 1 is 0.737 bits per heavy atom. The number of benzene rings is 2. The Balaban J connectivity index is 2.58. The van der Waals surface area contributed by atoms with E-state index in [0.29, 0.717) is 0 Å². The van der Waals surface area contributed by atoms with Crippen LogP contribution in [0.25, 0.3) is 0 Å². The summed E-state index contributed by atoms with van der Waals surface area (Å²) in [4.78, 5) is 0. The van der Waals surface area contributed by atoms with Crippen molar-refractivity contribution >= 4 is 55.7 Å². The van der Waals surface area contributed by atoms with Crippen LogP contribution in [-0.2, 0) is 23.6 Å². The van der Waals surface area contributed by atoms with Crippen molar-refractivity contribution in [3.8, 4) is 0 Å². The lowest BCUT2D eigenvalue weighted by Gasteiger charge is -2.26. The van der Waals surface area contributed by atoms with Crippen LogP contribution in [0.1, 0.15) is 0 Å². The summed E-state index contributed by atoms with van der Waals surface area (Å²) in [7, 11) is 0. The fourth-order valence-corrected chi connectivity index (χ4v) is 22.6. The highest BCUT2D eigenvalue weighted by atomic mass is 33.2. The maximum absolute atomic E-state index is 6.12. The Morgan fingerprint density at radius 2 is 1.11 bits per heavy atom. The molecule has 0 saturated heterocycles. The van der Waals surface area contributed by atoms with Crippen LogP contribution in [0.4, 0.5) is 0 Å². The van der Waals surface area contributed by atoms with Gasteiger partial charge in [0.25, 0.3) is 0 Å². The van der Waals surface area contributed by atoms with Gasteiger partial charge in [-0.15, -0.1) is 0 Å². The van der Waals surface area contributed by atoms with Crippen molar-refractivity contribution in [2.24, 2.45) is 0 Å². The van der Waals surface area contributed by atoms with Crippen LogP contribution in [-0.4, -0.2) is 13.3 Å². The van der Waals surface area contributed by atoms with Gasteiger partial charge in [-0.3, -0.25) is 0 Å². The van der Waals surface area contributed by atoms with Gasteiger partial charge in [0, 0.05) is 5.24 Å². The number of rotatable bonds is 4. The van der Waals surface area contributed by atoms with Gasteiger partial charge in [-0.2, -0.15) is 0 Å². The molecule has 0 atom stereocenters. The summed E-state index contributed by atoms with van der Waals surface area (Å²) < 4.78 is 0. The van der Waals surface area contributed by atoms with E-state index in [1.54, 1.807) is 0 Å². The molecule has 0 bridgehead atoms. The molecule has 0 radical (unpaired) electrons. The highest BCUT2D eigenvalue weighted by molar-refractivity contribution is 9.01. The van der Waals surface area contributed by atoms with E-state index in [4.69, 9.17) is 23.6 Å². The van der Waals surface area contributed by atoms with E-state index in [1.165, 1.54) is 10.6 Å². The predicted octanol–water partition coefficient (Wildman–Crippen LogP) is 4.42. The summed E-state index contributed by atoms with van der Waals surface area (Å²) in [5.74, 6) is 0. The van der Waals surface area contributed by atoms with E-state index < -0.39 is 10.5 Å². The van der Waals surface area contributed by atoms with Gasteiger partial charge in [0.05, 0.1) is 5.24 Å². The van der Waals surface area contributed by atoms with Crippen molar-refractivity contribution < 1.29 is 0 Å². The molecule has 0 spiro atoms. The maximum Gasteiger partial charge on any atom is 0.0660 e. The van der Waals surface area contributed by atoms with E-state index in [2.05, 4.69) is 61.9 Å². The first-order valence-corrected chi connectivity index (χ1v) is 14.4. The smallest absolute Gasteiger partial charge is 0.0660 e. The second-order valence-corrected chi connectivity index (χ2v) is 21.5. The highest BCUT2D eigenvalue weighted by Gasteiger charge is 2.26. The van der Waals surface area contributed by atoms with Crippen LogP contribution < -0.4 is 10.6 Å². The van der Waals surface area contributed by atoms with Gasteiger partial charge < -0.3 is 0 Å². The summed E-state index contributed by atoms with van der Waals surface area (Å²) in [6.07, 6.45) is 0. The first-order chi connectivity index (χ1) is 8.92. The van der Waals surface area contributed by atoms with E-state index in [0.717, 1.165) is 0 Å². The van der Waals surface area contributed by atoms with Crippen molar-refractivity contribution in [3.63, 3.8) is 0 Å². The topological polar surface area (TPSA) is 0 Å². The molecule has 0 aromatic heterocycles. The van der Waals surface area contributed by atoms with Crippen molar-refractivity contribution in [2.75, 3.05) is 13.3 Å². The maximum atomic E-state index is 6.12. The minimum absolute atomic E-state index is 1.25. The Kier molecular flexibility index (Phi) is 5.09. The molecule has 0 N–H and O–H groups in total. The SMILES string of the molecule is CP(C)(=S)SP(=S)(c1ccccc1)c1ccccc1. The van der Waals surface area contributed by atoms with Gasteiger partial charge in [0.2, 0.25) is 0 Å². The second-order valence-electron chi connectivity index (χ2n) is 4.56. The molecule has 2 aromatic carbocycles. The molecule has 0 fully saturated rings. The van der Waals surface area contributed by atoms with Crippen molar-refractivity contribution in [1.82, 2.24) is 0 Å². The van der Waals surface area contributed by atoms with Crippen molar-refractivity contribution in [2.45, 2.75) is 0 Å². The van der Waals surface area contributed by atoms with Crippen molar-refractivity contribution in [3.05, 3.63) is 60.7 Å². The van der Waals surface area contributed by atoms with Gasteiger partial charge in [0.1, 0.15) is 0 Å². The molecule has 0 aliphatic heterocycles. The molecule has 2 aromatic rings. The average Bonchev–Trinajstić information content (AvgIpc) is 2.39. The average molecular weight is 342 g/mol. The summed E-state index contributed by atoms with van der Waals surface area (Å²) in [5, 5.41) is -0.775. The first-order valence-electron chi connectivity index (χ1n) is 5.89. The van der Waals surface area contributed by atoms with E-state index in [9.17, 15) is 0 Å². The van der Waals surface area contributed by atoms with Crippen LogP contribution in [0.2, 0.25) is 0 Å². The predicted molar refractivity (Wildman–Crippen MR) is 100 cm³/mol. The molecule has 0 heterocycles. The lowest BCUT2D eigenvalue weighted by Crippen LogP contribution is -2.12. The van der Waals surface area contributed by atoms with Crippen molar-refractivity contribution in [1.29, 1.82) is 0 Å². The van der Waals surface area contributed by atoms with E-state index in [1.807, 2.05) is 23.1 Å². The molecule has 0 aliphatic carbocycles. The number of hydrogen-bond donors (Lipinski definition) is 0. The lowest BCUT2D eigenvalue weighted by atomic mass is 10.4. The quantitative estimate of drug-likeness (QED) is 0.755. The summed E-state index contributed by atoms with van der Waals surface area (Å²) in [5.41, 5.74) is 0. The fraction of sp³-hybridized carbons (Fsp3) is 0.143. The third kappa shape index (κ3) is 4.03. The Morgan fingerprint density at radius 3 is 1.42 bits per heavy atom. The second kappa shape index (κ2) is 6.24. The molecule has 0 saturated carbocycles. The van der Waals surface area contributed by atoms with Gasteiger partial charge >= 0.3 is 0 Å². The van der Waals surface area contributed by atoms with Crippen LogP contribution in [0.3, 0.4) is 0 Å². The largest absolute Gasteiger partial charge is 0.0862 e. The Hall–Kier alpha value is 0.0900. The summed E-state index contributed by atoms with van der Waals surface area (Å²) in [6, 6.07) is 20.9. The van der Waals surface area contributed by atoms with Gasteiger partial charge in [-0.25, -0.2) is 0 Å². The fourth-order valence-electron chi connectivity index (χ4n) is 1.77. The standard InChI is InChI=1S/C14H16P2S3/c1-15(2,17)19-16(18,13-9-5-3-6-10-13)14-11-7-4-8-12-14/h3-12H,1-2H3. The van der Waals surface area contributed by atoms with Gasteiger partial charge in [0.15, 0.2) is 0 Å². The summed E-state index contributed by atoms with van der Waals surface area (Å²) >= 11 is 13.6. The molecule has 0 unspecified atom stereocenters. The molecule has 0 amide bonds. The molecule has 0 nitrogen and oxygen atoms in total. The number of hydrogen-bond acceptors (Lipinski definition) is 3. The van der Waals surface area contributed by atoms with E-state index >= 15 is 0 Å². The Labute approximate surface area is 129 Å². The molecule has 100 valence electrons. The minimum Gasteiger partial charge on any atom is -0.0862 e. The van der Waals surface area contributed by atoms with Crippen LogP contribution in [0.15, 0.2) is 60.7 Å². The van der Waals surface area contributed by atoms with Crippen LogP contribution >= 0.6 is 21.5 Å².